The number of rotatable bonds is 5. The van der Waals surface area contributed by atoms with E-state index in [2.05, 4.69) is 19.0 Å². The van der Waals surface area contributed by atoms with Crippen molar-refractivity contribution in [2.24, 2.45) is 0 Å². The van der Waals surface area contributed by atoms with E-state index in [-0.39, 0.29) is 5.69 Å². The lowest BCUT2D eigenvalue weighted by Gasteiger charge is -2.06. The van der Waals surface area contributed by atoms with Gasteiger partial charge in [-0.1, -0.05) is 31.1 Å². The fourth-order valence-corrected chi connectivity index (χ4v) is 2.34. The van der Waals surface area contributed by atoms with Crippen LogP contribution in [0.5, 0.6) is 11.5 Å². The molecule has 1 aromatic heterocycles. The Hall–Kier alpha value is -3.08. The predicted octanol–water partition coefficient (Wildman–Crippen LogP) is 4.69. The number of aromatic nitrogens is 1. The van der Waals surface area contributed by atoms with E-state index in [1.165, 1.54) is 5.56 Å². The Morgan fingerprint density at radius 3 is 2.24 bits per heavy atom. The number of carbonyl (C=O) groups excluding carboxylic acids is 1. The molecule has 0 atom stereocenters. The van der Waals surface area contributed by atoms with Gasteiger partial charge >= 0.3 is 5.97 Å². The highest BCUT2D eigenvalue weighted by Gasteiger charge is 2.16. The number of carbonyl (C=O) groups is 1. The minimum Gasteiger partial charge on any atom is -0.497 e. The van der Waals surface area contributed by atoms with Crippen molar-refractivity contribution >= 4 is 5.97 Å². The highest BCUT2D eigenvalue weighted by Crippen LogP contribution is 2.24. The second-order valence-corrected chi connectivity index (χ2v) is 5.92. The van der Waals surface area contributed by atoms with Gasteiger partial charge in [0.05, 0.1) is 7.11 Å². The second-order valence-electron chi connectivity index (χ2n) is 5.92. The first-order valence-corrected chi connectivity index (χ1v) is 8.00. The van der Waals surface area contributed by atoms with Crippen LogP contribution in [0.15, 0.2) is 59.1 Å². The van der Waals surface area contributed by atoms with Crippen molar-refractivity contribution in [1.29, 1.82) is 0 Å². The maximum atomic E-state index is 12.2. The third kappa shape index (κ3) is 3.88. The SMILES string of the molecule is COc1ccc(-c2cc(C(=O)Oc3ccc(C(C)C)cc3)no2)cc1. The molecule has 0 aliphatic carbocycles. The van der Waals surface area contributed by atoms with Gasteiger partial charge in [-0.05, 0) is 47.9 Å². The number of hydrogen-bond acceptors (Lipinski definition) is 5. The van der Waals surface area contributed by atoms with Crippen molar-refractivity contribution in [3.05, 3.63) is 65.9 Å². The average Bonchev–Trinajstić information content (AvgIpc) is 3.12. The number of methoxy groups -OCH3 is 1. The zero-order valence-corrected chi connectivity index (χ0v) is 14.4. The molecule has 128 valence electrons. The zero-order chi connectivity index (χ0) is 17.8. The van der Waals surface area contributed by atoms with E-state index in [1.807, 2.05) is 36.4 Å². The topological polar surface area (TPSA) is 61.6 Å². The standard InChI is InChI=1S/C20H19NO4/c1-13(2)14-4-10-17(11-5-14)24-20(22)18-12-19(25-21-18)15-6-8-16(23-3)9-7-15/h4-13H,1-3H3. The number of ether oxygens (including phenoxy) is 2. The van der Waals surface area contributed by atoms with Crippen LogP contribution in [0.4, 0.5) is 0 Å². The summed E-state index contributed by atoms with van der Waals surface area (Å²) in [6.45, 7) is 4.22. The Morgan fingerprint density at radius 2 is 1.64 bits per heavy atom. The molecule has 3 aromatic rings. The lowest BCUT2D eigenvalue weighted by molar-refractivity contribution is 0.0724. The van der Waals surface area contributed by atoms with Crippen LogP contribution in [0.25, 0.3) is 11.3 Å². The Balaban J connectivity index is 1.71. The highest BCUT2D eigenvalue weighted by molar-refractivity contribution is 5.90. The van der Waals surface area contributed by atoms with E-state index in [4.69, 9.17) is 14.0 Å². The van der Waals surface area contributed by atoms with Crippen molar-refractivity contribution in [2.75, 3.05) is 7.11 Å². The van der Waals surface area contributed by atoms with Crippen LogP contribution in [0.1, 0.15) is 35.8 Å². The van der Waals surface area contributed by atoms with E-state index >= 15 is 0 Å². The molecule has 0 radical (unpaired) electrons. The first-order valence-electron chi connectivity index (χ1n) is 8.00. The molecule has 0 fully saturated rings. The molecule has 0 saturated carbocycles. The van der Waals surface area contributed by atoms with Gasteiger partial charge in [0.25, 0.3) is 0 Å². The molecule has 0 spiro atoms. The quantitative estimate of drug-likeness (QED) is 0.499. The minimum absolute atomic E-state index is 0.124. The summed E-state index contributed by atoms with van der Waals surface area (Å²) in [6.07, 6.45) is 0. The summed E-state index contributed by atoms with van der Waals surface area (Å²) in [5.41, 5.74) is 2.11. The number of benzene rings is 2. The van der Waals surface area contributed by atoms with Crippen LogP contribution in [-0.4, -0.2) is 18.2 Å². The Morgan fingerprint density at radius 1 is 1.00 bits per heavy atom. The number of hydrogen-bond donors (Lipinski definition) is 0. The summed E-state index contributed by atoms with van der Waals surface area (Å²) in [6, 6.07) is 16.3. The molecule has 5 heteroatoms. The molecule has 0 N–H and O–H groups in total. The smallest absolute Gasteiger partial charge is 0.365 e. The molecule has 2 aromatic carbocycles. The summed E-state index contributed by atoms with van der Waals surface area (Å²) in [7, 11) is 1.60. The van der Waals surface area contributed by atoms with Gasteiger partial charge in [-0.15, -0.1) is 0 Å². The Labute approximate surface area is 146 Å². The van der Waals surface area contributed by atoms with Crippen LogP contribution in [-0.2, 0) is 0 Å². The molecule has 0 unspecified atom stereocenters. The normalized spacial score (nSPS) is 10.7. The van der Waals surface area contributed by atoms with Gasteiger partial charge in [-0.2, -0.15) is 0 Å². The van der Waals surface area contributed by atoms with E-state index in [0.717, 1.165) is 11.3 Å². The van der Waals surface area contributed by atoms with Gasteiger partial charge in [0.1, 0.15) is 11.5 Å². The molecule has 0 amide bonds. The molecule has 0 bridgehead atoms. The van der Waals surface area contributed by atoms with Gasteiger partial charge in [-0.25, -0.2) is 4.79 Å². The van der Waals surface area contributed by atoms with Crippen molar-refractivity contribution in [3.63, 3.8) is 0 Å². The van der Waals surface area contributed by atoms with E-state index in [0.29, 0.717) is 17.4 Å². The van der Waals surface area contributed by atoms with Crippen LogP contribution in [0.3, 0.4) is 0 Å². The fraction of sp³-hybridized carbons (Fsp3) is 0.200. The lowest BCUT2D eigenvalue weighted by Crippen LogP contribution is -2.08. The van der Waals surface area contributed by atoms with Crippen LogP contribution in [0.2, 0.25) is 0 Å². The minimum atomic E-state index is -0.555. The van der Waals surface area contributed by atoms with Crippen molar-refractivity contribution in [1.82, 2.24) is 5.16 Å². The van der Waals surface area contributed by atoms with E-state index in [1.54, 1.807) is 25.3 Å². The maximum Gasteiger partial charge on any atom is 0.365 e. The zero-order valence-electron chi connectivity index (χ0n) is 14.4. The van der Waals surface area contributed by atoms with Gasteiger partial charge in [-0.3, -0.25) is 0 Å². The predicted molar refractivity (Wildman–Crippen MR) is 94.0 cm³/mol. The summed E-state index contributed by atoms with van der Waals surface area (Å²) in [5, 5.41) is 3.80. The average molecular weight is 337 g/mol. The van der Waals surface area contributed by atoms with Crippen molar-refractivity contribution < 1.29 is 18.8 Å². The Bertz CT molecular complexity index is 848. The Kier molecular flexibility index (Phi) is 4.84. The molecule has 1 heterocycles. The summed E-state index contributed by atoms with van der Waals surface area (Å²) in [5.74, 6) is 1.58. The van der Waals surface area contributed by atoms with E-state index < -0.39 is 5.97 Å². The first kappa shape index (κ1) is 16.8. The molecular weight excluding hydrogens is 318 g/mol. The second kappa shape index (κ2) is 7.21. The molecular formula is C20H19NO4. The summed E-state index contributed by atoms with van der Waals surface area (Å²) in [4.78, 5) is 12.2. The van der Waals surface area contributed by atoms with Crippen LogP contribution >= 0.6 is 0 Å². The largest absolute Gasteiger partial charge is 0.497 e. The van der Waals surface area contributed by atoms with Crippen LogP contribution in [0, 0.1) is 0 Å². The first-order chi connectivity index (χ1) is 12.1. The van der Waals surface area contributed by atoms with Gasteiger partial charge in [0, 0.05) is 11.6 Å². The van der Waals surface area contributed by atoms with Gasteiger partial charge < -0.3 is 14.0 Å². The van der Waals surface area contributed by atoms with Crippen molar-refractivity contribution in [2.45, 2.75) is 19.8 Å². The van der Waals surface area contributed by atoms with E-state index in [9.17, 15) is 4.79 Å². The summed E-state index contributed by atoms with van der Waals surface area (Å²) < 4.78 is 15.7. The highest BCUT2D eigenvalue weighted by atomic mass is 16.5. The maximum absolute atomic E-state index is 12.2. The molecule has 5 nitrogen and oxygen atoms in total. The third-order valence-corrected chi connectivity index (χ3v) is 3.85. The third-order valence-electron chi connectivity index (χ3n) is 3.85. The van der Waals surface area contributed by atoms with Gasteiger partial charge in [0.15, 0.2) is 11.5 Å². The monoisotopic (exact) mass is 337 g/mol. The van der Waals surface area contributed by atoms with Crippen molar-refractivity contribution in [3.8, 4) is 22.8 Å². The molecule has 0 saturated heterocycles. The number of esters is 1. The molecule has 0 aliphatic rings. The fourth-order valence-electron chi connectivity index (χ4n) is 2.34. The number of nitrogens with zero attached hydrogens (tertiary/aromatic N) is 1. The van der Waals surface area contributed by atoms with Gasteiger partial charge in [0.2, 0.25) is 0 Å². The lowest BCUT2D eigenvalue weighted by atomic mass is 10.0. The summed E-state index contributed by atoms with van der Waals surface area (Å²) >= 11 is 0. The molecule has 0 aliphatic heterocycles. The van der Waals surface area contributed by atoms with Crippen LogP contribution < -0.4 is 9.47 Å². The molecule has 25 heavy (non-hydrogen) atoms. The molecule has 3 rings (SSSR count).